The summed E-state index contributed by atoms with van der Waals surface area (Å²) < 4.78 is 1.94. The minimum absolute atomic E-state index is 0.0204. The highest BCUT2D eigenvalue weighted by Crippen LogP contribution is 2.35. The minimum atomic E-state index is 0.0204. The Balaban J connectivity index is 1.71. The van der Waals surface area contributed by atoms with Gasteiger partial charge in [-0.15, -0.1) is 11.3 Å². The minimum Gasteiger partial charge on any atom is -0.334 e. The maximum atomic E-state index is 13.1. The summed E-state index contributed by atoms with van der Waals surface area (Å²) in [6, 6.07) is 2.01. The first-order chi connectivity index (χ1) is 13.4. The average molecular weight is 399 g/mol. The van der Waals surface area contributed by atoms with Crippen molar-refractivity contribution in [3.05, 3.63) is 45.3 Å². The normalized spacial score (nSPS) is 17.2. The molecule has 148 valence electrons. The predicted molar refractivity (Wildman–Crippen MR) is 109 cm³/mol. The summed E-state index contributed by atoms with van der Waals surface area (Å²) in [5, 5.41) is 7.67. The Bertz CT molecular complexity index is 1010. The van der Waals surface area contributed by atoms with Gasteiger partial charge in [-0.05, 0) is 40.8 Å². The van der Waals surface area contributed by atoms with Crippen LogP contribution in [0.5, 0.6) is 0 Å². The summed E-state index contributed by atoms with van der Waals surface area (Å²) in [5.41, 5.74) is 4.84. The fourth-order valence-corrected chi connectivity index (χ4v) is 4.63. The molecule has 0 bridgehead atoms. The van der Waals surface area contributed by atoms with Gasteiger partial charge in [-0.25, -0.2) is 14.5 Å². The molecule has 0 saturated carbocycles. The summed E-state index contributed by atoms with van der Waals surface area (Å²) in [5.74, 6) is 0.137. The molecule has 0 aromatic carbocycles. The van der Waals surface area contributed by atoms with Crippen molar-refractivity contribution < 1.29 is 4.79 Å². The van der Waals surface area contributed by atoms with E-state index < -0.39 is 0 Å². The van der Waals surface area contributed by atoms with Crippen LogP contribution in [0, 0.1) is 13.8 Å². The summed E-state index contributed by atoms with van der Waals surface area (Å²) in [6.07, 6.45) is 4.24. The smallest absolute Gasteiger partial charge is 0.229 e. The fraction of sp³-hybridized carbons (Fsp3) is 0.500. The van der Waals surface area contributed by atoms with Crippen LogP contribution < -0.4 is 0 Å². The highest BCUT2D eigenvalue weighted by atomic mass is 32.1. The Morgan fingerprint density at radius 3 is 2.89 bits per heavy atom. The molecule has 4 heterocycles. The number of aryl methyl sites for hydroxylation is 2. The number of hydrogen-bond acceptors (Lipinski definition) is 6. The summed E-state index contributed by atoms with van der Waals surface area (Å²) >= 11 is 1.59. The maximum Gasteiger partial charge on any atom is 0.229 e. The number of nitrogens with zero attached hydrogens (tertiary/aromatic N) is 6. The average Bonchev–Trinajstić information content (AvgIpc) is 3.33. The van der Waals surface area contributed by atoms with Gasteiger partial charge >= 0.3 is 0 Å². The Morgan fingerprint density at radius 2 is 2.18 bits per heavy atom. The molecule has 1 aliphatic heterocycles. The van der Waals surface area contributed by atoms with Gasteiger partial charge in [-0.3, -0.25) is 4.79 Å². The lowest BCUT2D eigenvalue weighted by Crippen LogP contribution is -2.34. The summed E-state index contributed by atoms with van der Waals surface area (Å²) in [4.78, 5) is 26.3. The predicted octanol–water partition coefficient (Wildman–Crippen LogP) is 2.77. The van der Waals surface area contributed by atoms with Gasteiger partial charge in [0.1, 0.15) is 0 Å². The van der Waals surface area contributed by atoms with Crippen molar-refractivity contribution in [3.63, 3.8) is 0 Å². The van der Waals surface area contributed by atoms with Crippen molar-refractivity contribution in [2.24, 2.45) is 0 Å². The Hall–Kier alpha value is -2.32. The standard InChI is InChI=1S/C20H26N6OS/c1-13-8-18-21-10-15(11-24(3)4)20(26(18)23-13)17-6-5-7-25(17)19(27)9-16-12-28-14(2)22-16/h8,10,12,17H,5-7,9,11H2,1-4H3/t17-/m1/s1. The number of carbonyl (C=O) groups excluding carboxylic acids is 1. The van der Waals surface area contributed by atoms with Gasteiger partial charge in [0.25, 0.3) is 0 Å². The van der Waals surface area contributed by atoms with Crippen molar-refractivity contribution in [1.29, 1.82) is 0 Å². The van der Waals surface area contributed by atoms with Gasteiger partial charge in [-0.2, -0.15) is 5.10 Å². The molecule has 0 radical (unpaired) electrons. The summed E-state index contributed by atoms with van der Waals surface area (Å²) in [6.45, 7) is 5.49. The number of amides is 1. The molecule has 28 heavy (non-hydrogen) atoms. The van der Waals surface area contributed by atoms with E-state index in [1.54, 1.807) is 11.3 Å². The van der Waals surface area contributed by atoms with Crippen molar-refractivity contribution in [2.75, 3.05) is 20.6 Å². The molecule has 0 aliphatic carbocycles. The van der Waals surface area contributed by atoms with Crippen LogP contribution in [0.1, 0.15) is 46.5 Å². The third kappa shape index (κ3) is 3.66. The first-order valence-electron chi connectivity index (χ1n) is 9.61. The Morgan fingerprint density at radius 1 is 1.36 bits per heavy atom. The third-order valence-electron chi connectivity index (χ3n) is 5.10. The highest BCUT2D eigenvalue weighted by molar-refractivity contribution is 7.09. The van der Waals surface area contributed by atoms with Crippen LogP contribution in [-0.4, -0.2) is 55.9 Å². The van der Waals surface area contributed by atoms with E-state index in [9.17, 15) is 4.79 Å². The number of rotatable bonds is 5. The first-order valence-corrected chi connectivity index (χ1v) is 10.5. The van der Waals surface area contributed by atoms with Crippen molar-refractivity contribution in [2.45, 2.75) is 45.7 Å². The second kappa shape index (κ2) is 7.60. The van der Waals surface area contributed by atoms with Gasteiger partial charge in [0, 0.05) is 36.3 Å². The number of hydrogen-bond donors (Lipinski definition) is 0. The maximum absolute atomic E-state index is 13.1. The molecular formula is C20H26N6OS. The zero-order valence-electron chi connectivity index (χ0n) is 16.8. The molecule has 1 fully saturated rings. The zero-order chi connectivity index (χ0) is 19.8. The SMILES string of the molecule is Cc1cc2ncc(CN(C)C)c([C@H]3CCCN3C(=O)Cc3csc(C)n3)n2n1. The molecule has 0 N–H and O–H groups in total. The lowest BCUT2D eigenvalue weighted by atomic mass is 10.0. The molecule has 4 rings (SSSR count). The zero-order valence-corrected chi connectivity index (χ0v) is 17.7. The van der Waals surface area contributed by atoms with E-state index in [-0.39, 0.29) is 11.9 Å². The van der Waals surface area contributed by atoms with E-state index >= 15 is 0 Å². The monoisotopic (exact) mass is 398 g/mol. The highest BCUT2D eigenvalue weighted by Gasteiger charge is 2.34. The third-order valence-corrected chi connectivity index (χ3v) is 5.92. The van der Waals surface area contributed by atoms with Crippen molar-refractivity contribution in [3.8, 4) is 0 Å². The number of likely N-dealkylation sites (tertiary alicyclic amines) is 1. The second-order valence-corrected chi connectivity index (χ2v) is 8.80. The molecule has 1 atom stereocenters. The number of aromatic nitrogens is 4. The quantitative estimate of drug-likeness (QED) is 0.661. The van der Waals surface area contributed by atoms with Crippen LogP contribution in [0.4, 0.5) is 0 Å². The molecule has 0 unspecified atom stereocenters. The van der Waals surface area contributed by atoms with Crippen LogP contribution in [0.25, 0.3) is 5.65 Å². The first kappa shape index (κ1) is 19.0. The van der Waals surface area contributed by atoms with E-state index in [0.717, 1.165) is 59.2 Å². The molecule has 1 saturated heterocycles. The Kier molecular flexibility index (Phi) is 5.16. The molecule has 1 aliphatic rings. The van der Waals surface area contributed by atoms with E-state index in [1.807, 2.05) is 55.0 Å². The van der Waals surface area contributed by atoms with E-state index in [2.05, 4.69) is 14.9 Å². The van der Waals surface area contributed by atoms with Crippen molar-refractivity contribution >= 4 is 22.9 Å². The van der Waals surface area contributed by atoms with E-state index in [4.69, 9.17) is 5.10 Å². The molecule has 3 aromatic heterocycles. The van der Waals surface area contributed by atoms with Crippen LogP contribution in [0.15, 0.2) is 17.6 Å². The number of thiazole rings is 1. The van der Waals surface area contributed by atoms with Gasteiger partial charge in [0.05, 0.1) is 34.6 Å². The molecule has 8 heteroatoms. The topological polar surface area (TPSA) is 66.6 Å². The lowest BCUT2D eigenvalue weighted by Gasteiger charge is -2.27. The molecule has 1 amide bonds. The van der Waals surface area contributed by atoms with Crippen LogP contribution in [0.2, 0.25) is 0 Å². The molecule has 7 nitrogen and oxygen atoms in total. The van der Waals surface area contributed by atoms with Crippen LogP contribution in [0.3, 0.4) is 0 Å². The van der Waals surface area contributed by atoms with Crippen molar-refractivity contribution in [1.82, 2.24) is 29.4 Å². The van der Waals surface area contributed by atoms with Gasteiger partial charge in [0.15, 0.2) is 5.65 Å². The number of carbonyl (C=O) groups is 1. The van der Waals surface area contributed by atoms with Gasteiger partial charge < -0.3 is 9.80 Å². The lowest BCUT2D eigenvalue weighted by molar-refractivity contribution is -0.131. The molecular weight excluding hydrogens is 372 g/mol. The molecule has 0 spiro atoms. The Labute approximate surface area is 169 Å². The molecule has 3 aromatic rings. The van der Waals surface area contributed by atoms with E-state index in [0.29, 0.717) is 6.42 Å². The van der Waals surface area contributed by atoms with E-state index in [1.165, 1.54) is 0 Å². The summed E-state index contributed by atoms with van der Waals surface area (Å²) in [7, 11) is 4.09. The fourth-order valence-electron chi connectivity index (χ4n) is 4.01. The van der Waals surface area contributed by atoms with Gasteiger partial charge in [-0.1, -0.05) is 0 Å². The second-order valence-electron chi connectivity index (χ2n) is 7.74. The van der Waals surface area contributed by atoms with Gasteiger partial charge in [0.2, 0.25) is 5.91 Å². The largest absolute Gasteiger partial charge is 0.334 e. The van der Waals surface area contributed by atoms with Crippen LogP contribution >= 0.6 is 11.3 Å². The number of fused-ring (bicyclic) bond motifs is 1. The van der Waals surface area contributed by atoms with Crippen LogP contribution in [-0.2, 0) is 17.8 Å².